The van der Waals surface area contributed by atoms with Crippen LogP contribution >= 0.6 is 11.8 Å². The van der Waals surface area contributed by atoms with Crippen molar-refractivity contribution in [1.82, 2.24) is 10.2 Å². The number of β-lactam (4-membered cyclic amide) rings is 1. The van der Waals surface area contributed by atoms with E-state index in [-0.39, 0.29) is 53.0 Å². The molecule has 2 aliphatic heterocycles. The molecule has 0 aromatic heterocycles. The predicted octanol–water partition coefficient (Wildman–Crippen LogP) is -3.34. The van der Waals surface area contributed by atoms with Crippen LogP contribution < -0.4 is 40.0 Å². The summed E-state index contributed by atoms with van der Waals surface area (Å²) in [5.74, 6) is -1.50. The Bertz CT molecular complexity index is 707. The van der Waals surface area contributed by atoms with E-state index in [0.29, 0.717) is 11.3 Å². The smallest absolute Gasteiger partial charge is 0.543 e. The molecule has 2 unspecified atom stereocenters. The van der Waals surface area contributed by atoms with Crippen LogP contribution in [0, 0.1) is 0 Å². The number of hydrogen-bond acceptors (Lipinski definition) is 5. The quantitative estimate of drug-likeness (QED) is 0.451. The second-order valence-electron chi connectivity index (χ2n) is 5.53. The maximum atomic E-state index is 12.2. The molecule has 0 saturated carbocycles. The largest absolute Gasteiger partial charge is 1.00 e. The Morgan fingerprint density at radius 2 is 2.00 bits per heavy atom. The molecular weight excluding hydrogens is 339 g/mol. The molecule has 2 atom stereocenters. The van der Waals surface area contributed by atoms with Crippen LogP contribution in [0.4, 0.5) is 0 Å². The Kier molecular flexibility index (Phi) is 6.14. The number of benzene rings is 1. The molecule has 2 amide bonds. The zero-order valence-electron chi connectivity index (χ0n) is 13.4. The number of carboxylic acid groups (broad SMARTS) is 1. The number of carboxylic acids is 1. The second-order valence-corrected chi connectivity index (χ2v) is 6.64. The molecule has 6 nitrogen and oxygen atoms in total. The summed E-state index contributed by atoms with van der Waals surface area (Å²) < 4.78 is 0. The Morgan fingerprint density at radius 1 is 1.33 bits per heavy atom. The standard InChI is InChI=1S/C16H16N2O4S.Na/c1-9-8-23-15-12(14(20)18(15)13(9)16(21)22)17-11(19)7-10-5-3-2-4-6-10;/h2-6,12,15H,7-8H2,1H3,(H,17,19)(H,21,22);/q;+1/p-1. The van der Waals surface area contributed by atoms with Crippen molar-refractivity contribution >= 4 is 29.5 Å². The van der Waals surface area contributed by atoms with Gasteiger partial charge < -0.3 is 15.2 Å². The van der Waals surface area contributed by atoms with Gasteiger partial charge in [-0.05, 0) is 18.1 Å². The summed E-state index contributed by atoms with van der Waals surface area (Å²) in [6.07, 6.45) is 0.185. The predicted molar refractivity (Wildman–Crippen MR) is 82.9 cm³/mol. The first kappa shape index (κ1) is 19.1. The van der Waals surface area contributed by atoms with Crippen LogP contribution in [0.1, 0.15) is 12.5 Å². The van der Waals surface area contributed by atoms with E-state index in [1.807, 2.05) is 30.3 Å². The van der Waals surface area contributed by atoms with E-state index in [2.05, 4.69) is 5.32 Å². The van der Waals surface area contributed by atoms with Crippen molar-refractivity contribution in [3.05, 3.63) is 47.2 Å². The molecule has 1 fully saturated rings. The van der Waals surface area contributed by atoms with Crippen molar-refractivity contribution < 1.29 is 49.0 Å². The molecule has 120 valence electrons. The first-order valence-electron chi connectivity index (χ1n) is 7.18. The molecule has 2 heterocycles. The third-order valence-electron chi connectivity index (χ3n) is 3.88. The third-order valence-corrected chi connectivity index (χ3v) is 5.30. The molecule has 1 aromatic carbocycles. The van der Waals surface area contributed by atoms with Crippen molar-refractivity contribution in [2.24, 2.45) is 0 Å². The number of carbonyl (C=O) groups excluding carboxylic acids is 3. The maximum absolute atomic E-state index is 12.2. The SMILES string of the molecule is CC1=C(C(=O)[O-])N2C(=O)C(NC(=O)Cc3ccccc3)C2SC1.[Na+]. The van der Waals surface area contributed by atoms with Crippen molar-refractivity contribution in [3.63, 3.8) is 0 Å². The zero-order chi connectivity index (χ0) is 16.6. The third kappa shape index (κ3) is 3.54. The van der Waals surface area contributed by atoms with Crippen molar-refractivity contribution in [2.45, 2.75) is 24.8 Å². The summed E-state index contributed by atoms with van der Waals surface area (Å²) in [6, 6.07) is 8.54. The fourth-order valence-electron chi connectivity index (χ4n) is 2.77. The van der Waals surface area contributed by atoms with E-state index in [1.165, 1.54) is 16.7 Å². The Morgan fingerprint density at radius 3 is 2.62 bits per heavy atom. The fourth-order valence-corrected chi connectivity index (χ4v) is 4.06. The Balaban J connectivity index is 0.00000208. The summed E-state index contributed by atoms with van der Waals surface area (Å²) in [5, 5.41) is 13.5. The molecule has 1 aromatic rings. The number of fused-ring (bicyclic) bond motifs is 1. The van der Waals surface area contributed by atoms with Gasteiger partial charge in [0.05, 0.1) is 18.1 Å². The first-order valence-corrected chi connectivity index (χ1v) is 8.23. The molecule has 0 radical (unpaired) electrons. The van der Waals surface area contributed by atoms with Crippen LogP contribution in [0.25, 0.3) is 0 Å². The number of carbonyl (C=O) groups is 3. The molecule has 0 spiro atoms. The van der Waals surface area contributed by atoms with Gasteiger partial charge in [0.1, 0.15) is 11.4 Å². The maximum Gasteiger partial charge on any atom is 1.00 e. The number of thioether (sulfide) groups is 1. The normalized spacial score (nSPS) is 22.2. The minimum Gasteiger partial charge on any atom is -0.543 e. The number of nitrogens with one attached hydrogen (secondary N) is 1. The average molecular weight is 354 g/mol. The number of rotatable bonds is 4. The monoisotopic (exact) mass is 354 g/mol. The topological polar surface area (TPSA) is 89.5 Å². The molecule has 1 N–H and O–H groups in total. The van der Waals surface area contributed by atoms with Gasteiger partial charge in [0.15, 0.2) is 0 Å². The van der Waals surface area contributed by atoms with E-state index < -0.39 is 17.9 Å². The van der Waals surface area contributed by atoms with Gasteiger partial charge in [-0.15, -0.1) is 11.8 Å². The van der Waals surface area contributed by atoms with Gasteiger partial charge in [0.2, 0.25) is 5.91 Å². The second kappa shape index (κ2) is 7.74. The van der Waals surface area contributed by atoms with Gasteiger partial charge in [0, 0.05) is 5.75 Å². The van der Waals surface area contributed by atoms with E-state index in [0.717, 1.165) is 5.56 Å². The molecular formula is C16H15N2NaO4S. The van der Waals surface area contributed by atoms with Crippen molar-refractivity contribution in [1.29, 1.82) is 0 Å². The van der Waals surface area contributed by atoms with Gasteiger partial charge in [-0.25, -0.2) is 0 Å². The number of amides is 2. The van der Waals surface area contributed by atoms with Gasteiger partial charge >= 0.3 is 29.6 Å². The first-order chi connectivity index (χ1) is 11.0. The number of hydrogen-bond donors (Lipinski definition) is 1. The van der Waals surface area contributed by atoms with Gasteiger partial charge in [-0.2, -0.15) is 0 Å². The van der Waals surface area contributed by atoms with Crippen LogP contribution in [0.2, 0.25) is 0 Å². The number of nitrogens with zero attached hydrogens (tertiary/aromatic N) is 1. The summed E-state index contributed by atoms with van der Waals surface area (Å²) in [5.41, 5.74) is 1.40. The van der Waals surface area contributed by atoms with Crippen molar-refractivity contribution in [3.8, 4) is 0 Å². The molecule has 8 heteroatoms. The summed E-state index contributed by atoms with van der Waals surface area (Å²) in [4.78, 5) is 36.7. The minimum absolute atomic E-state index is 0. The van der Waals surface area contributed by atoms with Gasteiger partial charge in [-0.3, -0.25) is 14.5 Å². The Hall–Kier alpha value is -1.28. The van der Waals surface area contributed by atoms with Crippen LogP contribution in [-0.4, -0.2) is 39.9 Å². The summed E-state index contributed by atoms with van der Waals surface area (Å²) in [6.45, 7) is 1.67. The summed E-state index contributed by atoms with van der Waals surface area (Å²) >= 11 is 1.44. The molecule has 0 bridgehead atoms. The van der Waals surface area contributed by atoms with Crippen molar-refractivity contribution in [2.75, 3.05) is 5.75 Å². The molecule has 2 aliphatic rings. The minimum atomic E-state index is -1.35. The van der Waals surface area contributed by atoms with E-state index in [9.17, 15) is 19.5 Å². The van der Waals surface area contributed by atoms with Crippen LogP contribution in [0.3, 0.4) is 0 Å². The fraction of sp³-hybridized carbons (Fsp3) is 0.312. The van der Waals surface area contributed by atoms with Crippen LogP contribution in [0.5, 0.6) is 0 Å². The number of aliphatic carboxylic acids is 1. The van der Waals surface area contributed by atoms with E-state index >= 15 is 0 Å². The van der Waals surface area contributed by atoms with E-state index in [4.69, 9.17) is 0 Å². The molecule has 0 aliphatic carbocycles. The van der Waals surface area contributed by atoms with Gasteiger partial charge in [0.25, 0.3) is 5.91 Å². The average Bonchev–Trinajstić information content (AvgIpc) is 2.53. The van der Waals surface area contributed by atoms with Gasteiger partial charge in [-0.1, -0.05) is 30.3 Å². The Labute approximate surface area is 166 Å². The zero-order valence-corrected chi connectivity index (χ0v) is 16.3. The van der Waals surface area contributed by atoms with E-state index in [1.54, 1.807) is 6.92 Å². The van der Waals surface area contributed by atoms with Crippen LogP contribution in [-0.2, 0) is 20.8 Å². The molecule has 3 rings (SSSR count). The van der Waals surface area contributed by atoms with Crippen LogP contribution in [0.15, 0.2) is 41.6 Å². The summed E-state index contributed by atoms with van der Waals surface area (Å²) in [7, 11) is 0. The molecule has 1 saturated heterocycles. The molecule has 24 heavy (non-hydrogen) atoms.